The Bertz CT molecular complexity index is 1700. The highest BCUT2D eigenvalue weighted by Gasteiger charge is 2.49. The van der Waals surface area contributed by atoms with Crippen LogP contribution in [-0.4, -0.2) is 31.5 Å². The number of halogens is 2. The predicted molar refractivity (Wildman–Crippen MR) is 143 cm³/mol. The fourth-order valence-electron chi connectivity index (χ4n) is 4.29. The van der Waals surface area contributed by atoms with Crippen LogP contribution in [-0.2, 0) is 22.1 Å². The van der Waals surface area contributed by atoms with Crippen LogP contribution in [0.25, 0.3) is 10.9 Å². The van der Waals surface area contributed by atoms with Crippen molar-refractivity contribution in [3.05, 3.63) is 81.1 Å². The van der Waals surface area contributed by atoms with Gasteiger partial charge < -0.3 is 4.98 Å². The van der Waals surface area contributed by atoms with Gasteiger partial charge in [0.1, 0.15) is 16.7 Å². The van der Waals surface area contributed by atoms with E-state index in [1.165, 1.54) is 11.8 Å². The van der Waals surface area contributed by atoms with Crippen LogP contribution >= 0.6 is 11.8 Å². The lowest BCUT2D eigenvalue weighted by Gasteiger charge is -2.18. The highest BCUT2D eigenvalue weighted by Crippen LogP contribution is 2.50. The van der Waals surface area contributed by atoms with Crippen molar-refractivity contribution in [3.63, 3.8) is 0 Å². The number of fused-ring (bicyclic) bond motifs is 1. The Morgan fingerprint density at radius 2 is 1.92 bits per heavy atom. The van der Waals surface area contributed by atoms with Gasteiger partial charge in [0, 0.05) is 33.3 Å². The molecule has 3 N–H and O–H groups in total. The average Bonchev–Trinajstić information content (AvgIpc) is 3.66. The van der Waals surface area contributed by atoms with Gasteiger partial charge in [0.15, 0.2) is 5.82 Å². The highest BCUT2D eigenvalue weighted by molar-refractivity contribution is 8.01. The molecule has 11 heteroatoms. The van der Waals surface area contributed by atoms with Crippen molar-refractivity contribution in [2.45, 2.75) is 35.1 Å². The summed E-state index contributed by atoms with van der Waals surface area (Å²) in [5, 5.41) is 17.0. The first-order valence-electron chi connectivity index (χ1n) is 11.4. The number of hydrogen-bond acceptors (Lipinski definition) is 5. The summed E-state index contributed by atoms with van der Waals surface area (Å²) in [6.45, 7) is 0. The predicted octanol–water partition coefficient (Wildman–Crippen LogP) is 5.04. The summed E-state index contributed by atoms with van der Waals surface area (Å²) in [5.41, 5.74) is 1.55. The summed E-state index contributed by atoms with van der Waals surface area (Å²) < 4.78 is 46.0. The molecule has 190 valence electrons. The number of thioether (sulfide) groups is 1. The second-order valence-corrected chi connectivity index (χ2v) is 11.8. The summed E-state index contributed by atoms with van der Waals surface area (Å²) in [6.07, 6.45) is 3.14. The number of alkyl halides is 2. The molecule has 37 heavy (non-hydrogen) atoms. The second kappa shape index (κ2) is 9.36. The monoisotopic (exact) mass is 539 g/mol. The van der Waals surface area contributed by atoms with Crippen LogP contribution in [0.2, 0.25) is 0 Å². The zero-order valence-electron chi connectivity index (χ0n) is 19.8. The van der Waals surface area contributed by atoms with Crippen LogP contribution in [0.1, 0.15) is 35.1 Å². The Balaban J connectivity index is 1.40. The van der Waals surface area contributed by atoms with Crippen LogP contribution in [0, 0.1) is 17.2 Å². The lowest BCUT2D eigenvalue weighted by Crippen LogP contribution is -2.20. The third-order valence-corrected chi connectivity index (χ3v) is 8.62. The lowest BCUT2D eigenvalue weighted by atomic mass is 9.96. The molecule has 5 rings (SSSR count). The van der Waals surface area contributed by atoms with E-state index in [2.05, 4.69) is 25.8 Å². The van der Waals surface area contributed by atoms with Crippen LogP contribution < -0.4 is 10.3 Å². The first-order valence-corrected chi connectivity index (χ1v) is 14.4. The van der Waals surface area contributed by atoms with Crippen LogP contribution in [0.4, 0.5) is 14.6 Å². The molecule has 2 heterocycles. The molecular formula is C26H23F2N5O2S2. The van der Waals surface area contributed by atoms with Crippen LogP contribution in [0.5, 0.6) is 0 Å². The fourth-order valence-corrected chi connectivity index (χ4v) is 5.95. The molecule has 1 aliphatic rings. The zero-order valence-corrected chi connectivity index (χ0v) is 21.4. The van der Waals surface area contributed by atoms with Crippen molar-refractivity contribution in [2.24, 2.45) is 5.92 Å². The van der Waals surface area contributed by atoms with Crippen LogP contribution in [0.3, 0.4) is 0 Å². The third kappa shape index (κ3) is 4.86. The molecule has 1 fully saturated rings. The van der Waals surface area contributed by atoms with E-state index in [0.29, 0.717) is 40.1 Å². The molecule has 2 aromatic heterocycles. The smallest absolute Gasteiger partial charge is 0.276 e. The molecule has 7 nitrogen and oxygen atoms in total. The lowest BCUT2D eigenvalue weighted by molar-refractivity contribution is -0.0271. The van der Waals surface area contributed by atoms with E-state index in [-0.39, 0.29) is 16.9 Å². The number of nitrogens with zero attached hydrogens (tertiary/aromatic N) is 2. The van der Waals surface area contributed by atoms with Crippen molar-refractivity contribution in [3.8, 4) is 6.07 Å². The molecule has 1 saturated carbocycles. The Labute approximate surface area is 216 Å². The van der Waals surface area contributed by atoms with Gasteiger partial charge in [-0.15, -0.1) is 11.8 Å². The summed E-state index contributed by atoms with van der Waals surface area (Å²) in [7, 11) is -2.99. The van der Waals surface area contributed by atoms with Gasteiger partial charge >= 0.3 is 0 Å². The minimum Gasteiger partial charge on any atom is -0.322 e. The molecule has 1 atom stereocenters. The van der Waals surface area contributed by atoms with Crippen molar-refractivity contribution >= 4 is 44.1 Å². The molecule has 2 aromatic carbocycles. The van der Waals surface area contributed by atoms with Gasteiger partial charge in [0.05, 0.1) is 9.71 Å². The van der Waals surface area contributed by atoms with E-state index in [4.69, 9.17) is 0 Å². The molecular weight excluding hydrogens is 516 g/mol. The molecule has 0 spiro atoms. The van der Waals surface area contributed by atoms with Crippen molar-refractivity contribution in [2.75, 3.05) is 11.0 Å². The van der Waals surface area contributed by atoms with Gasteiger partial charge in [0.25, 0.3) is 5.92 Å². The highest BCUT2D eigenvalue weighted by atomic mass is 32.2. The largest absolute Gasteiger partial charge is 0.322 e. The van der Waals surface area contributed by atoms with Gasteiger partial charge in [-0.25, -0.2) is 13.0 Å². The number of anilines is 1. The molecule has 1 aliphatic carbocycles. The number of nitriles is 1. The minimum absolute atomic E-state index is 0.228. The SMILES string of the molecule is C=S(=O)(Nc1[nH]nc(SC)c1C#N)c1ccc(Cc2ccc3[nH]c(=O)cc(C(F)(F)C4CC4)c3c2)cc1. The molecule has 0 saturated heterocycles. The quantitative estimate of drug-likeness (QED) is 0.214. The summed E-state index contributed by atoms with van der Waals surface area (Å²) in [6, 6.07) is 15.2. The number of aromatic amines is 2. The van der Waals surface area contributed by atoms with E-state index in [0.717, 1.165) is 17.2 Å². The average molecular weight is 540 g/mol. The van der Waals surface area contributed by atoms with E-state index in [1.807, 2.05) is 6.07 Å². The van der Waals surface area contributed by atoms with E-state index in [1.54, 1.807) is 48.7 Å². The number of hydrogen-bond donors (Lipinski definition) is 3. The normalized spacial score (nSPS) is 15.3. The van der Waals surface area contributed by atoms with E-state index in [9.17, 15) is 23.0 Å². The van der Waals surface area contributed by atoms with Gasteiger partial charge in [-0.2, -0.15) is 10.4 Å². The topological polar surface area (TPSA) is 114 Å². The van der Waals surface area contributed by atoms with Crippen molar-refractivity contribution in [1.82, 2.24) is 15.2 Å². The first kappa shape index (κ1) is 25.0. The third-order valence-electron chi connectivity index (χ3n) is 6.37. The number of benzene rings is 2. The number of nitrogens with one attached hydrogen (secondary N) is 3. The summed E-state index contributed by atoms with van der Waals surface area (Å²) in [5.74, 6) is 0.270. The molecule has 4 aromatic rings. The summed E-state index contributed by atoms with van der Waals surface area (Å²) >= 11 is 1.30. The van der Waals surface area contributed by atoms with Crippen molar-refractivity contribution in [1.29, 1.82) is 5.26 Å². The van der Waals surface area contributed by atoms with Gasteiger partial charge in [-0.05, 0) is 66.8 Å². The molecule has 0 bridgehead atoms. The van der Waals surface area contributed by atoms with E-state index < -0.39 is 27.1 Å². The number of rotatable bonds is 8. The number of aromatic nitrogens is 3. The second-order valence-electron chi connectivity index (χ2n) is 9.02. The maximum Gasteiger partial charge on any atom is 0.276 e. The number of H-pyrrole nitrogens is 2. The van der Waals surface area contributed by atoms with E-state index >= 15 is 0 Å². The van der Waals surface area contributed by atoms with Gasteiger partial charge in [-0.3, -0.25) is 14.6 Å². The minimum atomic E-state index is -3.05. The zero-order chi connectivity index (χ0) is 26.4. The maximum atomic E-state index is 15.0. The summed E-state index contributed by atoms with van der Waals surface area (Å²) in [4.78, 5) is 15.1. The fraction of sp³-hybridized carbons (Fsp3) is 0.231. The van der Waals surface area contributed by atoms with Gasteiger partial charge in [-0.1, -0.05) is 18.2 Å². The molecule has 0 amide bonds. The maximum absolute atomic E-state index is 15.0. The van der Waals surface area contributed by atoms with Crippen LogP contribution in [0.15, 0.2) is 63.2 Å². The number of pyridine rings is 1. The molecule has 0 radical (unpaired) electrons. The molecule has 0 aliphatic heterocycles. The Hall–Kier alpha value is -3.62. The Kier molecular flexibility index (Phi) is 6.33. The Morgan fingerprint density at radius 1 is 1.22 bits per heavy atom. The van der Waals surface area contributed by atoms with Gasteiger partial charge in [0.2, 0.25) is 5.56 Å². The first-order chi connectivity index (χ1) is 17.6. The molecule has 1 unspecified atom stereocenters. The Morgan fingerprint density at radius 3 is 2.57 bits per heavy atom. The standard InChI is InChI=1S/C26H23F2N5O2S2/c1-36-25-20(14-29)24(31-32-25)33-37(2,35)18-8-3-15(4-9-18)11-16-5-10-22-19(12-16)21(13-23(34)30-22)26(27,28)17-6-7-17/h3-5,8-10,12-13,17H,2,6-7,11H2,1H3,(H,30,34)(H2,31,32,33,35). The van der Waals surface area contributed by atoms with Crippen molar-refractivity contribution < 1.29 is 13.0 Å².